The summed E-state index contributed by atoms with van der Waals surface area (Å²) in [4.78, 5) is 11.9. The Morgan fingerprint density at radius 1 is 0.500 bits per heavy atom. The van der Waals surface area contributed by atoms with Crippen molar-refractivity contribution in [2.75, 3.05) is 28.4 Å². The molecule has 0 amide bonds. The van der Waals surface area contributed by atoms with Crippen LogP contribution in [0.5, 0.6) is 23.0 Å². The number of nitrogens with zero attached hydrogens (tertiary/aromatic N) is 3. The highest BCUT2D eigenvalue weighted by Crippen LogP contribution is 2.49. The minimum Gasteiger partial charge on any atom is -0.497 e. The summed E-state index contributed by atoms with van der Waals surface area (Å²) in [6, 6.07) is 61.9. The van der Waals surface area contributed by atoms with Crippen molar-refractivity contribution in [3.8, 4) is 56.9 Å². The van der Waals surface area contributed by atoms with Gasteiger partial charge in [0.05, 0.1) is 51.6 Å². The highest BCUT2D eigenvalue weighted by molar-refractivity contribution is 6.07. The van der Waals surface area contributed by atoms with E-state index in [1.165, 1.54) is 0 Å². The summed E-state index contributed by atoms with van der Waals surface area (Å²) in [5, 5.41) is 8.51. The second-order valence-electron chi connectivity index (χ2n) is 15.2. The highest BCUT2D eigenvalue weighted by atomic mass is 16.5. The zero-order chi connectivity index (χ0) is 42.2. The molecule has 0 aliphatic carbocycles. The van der Waals surface area contributed by atoms with Gasteiger partial charge in [0.15, 0.2) is 0 Å². The highest BCUT2D eigenvalue weighted by Gasteiger charge is 2.48. The fourth-order valence-electron chi connectivity index (χ4n) is 8.86. The second kappa shape index (κ2) is 16.1. The van der Waals surface area contributed by atoms with Gasteiger partial charge in [0.1, 0.15) is 28.8 Å². The molecular formula is C54H44N4O4. The van der Waals surface area contributed by atoms with Crippen LogP contribution < -0.4 is 24.3 Å². The first-order valence-electron chi connectivity index (χ1n) is 20.6. The predicted octanol–water partition coefficient (Wildman–Crippen LogP) is 11.7. The minimum atomic E-state index is -1.33. The molecule has 0 radical (unpaired) electrons. The molecule has 1 aliphatic rings. The Balaban J connectivity index is 1.42. The molecule has 1 N–H and O–H groups in total. The molecule has 1 aliphatic heterocycles. The van der Waals surface area contributed by atoms with Crippen molar-refractivity contribution in [3.05, 3.63) is 199 Å². The lowest BCUT2D eigenvalue weighted by molar-refractivity contribution is 0.310. The first-order chi connectivity index (χ1) is 30.5. The van der Waals surface area contributed by atoms with Gasteiger partial charge in [-0.2, -0.15) is 0 Å². The molecule has 62 heavy (non-hydrogen) atoms. The van der Waals surface area contributed by atoms with Gasteiger partial charge in [0.25, 0.3) is 0 Å². The van der Waals surface area contributed by atoms with Gasteiger partial charge in [0, 0.05) is 27.8 Å². The maximum absolute atomic E-state index is 6.08. The third-order valence-electron chi connectivity index (χ3n) is 11.8. The van der Waals surface area contributed by atoms with Crippen molar-refractivity contribution in [2.24, 2.45) is 4.99 Å². The number of benzene rings is 8. The Morgan fingerprint density at radius 2 is 1.02 bits per heavy atom. The minimum absolute atomic E-state index is 0.433. The van der Waals surface area contributed by atoms with E-state index in [0.717, 1.165) is 95.1 Å². The maximum atomic E-state index is 6.08. The molecule has 0 bridgehead atoms. The number of ether oxygens (including phenoxy) is 4. The number of rotatable bonds is 11. The van der Waals surface area contributed by atoms with Gasteiger partial charge in [0.2, 0.25) is 5.79 Å². The zero-order valence-corrected chi connectivity index (χ0v) is 34.9. The molecule has 0 saturated carbocycles. The van der Waals surface area contributed by atoms with Crippen molar-refractivity contribution in [3.63, 3.8) is 0 Å². The molecule has 304 valence electrons. The van der Waals surface area contributed by atoms with Crippen LogP contribution in [0.4, 0.5) is 0 Å². The molecule has 8 nitrogen and oxygen atoms in total. The Morgan fingerprint density at radius 3 is 1.71 bits per heavy atom. The molecule has 9 aromatic rings. The van der Waals surface area contributed by atoms with Crippen molar-refractivity contribution in [2.45, 2.75) is 11.8 Å². The summed E-state index contributed by atoms with van der Waals surface area (Å²) in [5.74, 6) is 2.30. The van der Waals surface area contributed by atoms with Crippen LogP contribution in [-0.2, 0) is 5.79 Å². The normalized spacial score (nSPS) is 16.0. The summed E-state index contributed by atoms with van der Waals surface area (Å²) in [7, 11) is 6.77. The Labute approximate surface area is 360 Å². The lowest BCUT2D eigenvalue weighted by Crippen LogP contribution is -2.46. The van der Waals surface area contributed by atoms with Crippen molar-refractivity contribution < 1.29 is 18.9 Å². The van der Waals surface area contributed by atoms with Crippen molar-refractivity contribution in [1.29, 1.82) is 0 Å². The fraction of sp³-hybridized carbons (Fsp3) is 0.111. The average molecular weight is 813 g/mol. The topological polar surface area (TPSA) is 79.1 Å². The Bertz CT molecular complexity index is 3140. The van der Waals surface area contributed by atoms with E-state index in [2.05, 4.69) is 137 Å². The molecule has 10 rings (SSSR count). The molecule has 0 spiro atoms. The van der Waals surface area contributed by atoms with Crippen LogP contribution in [0.25, 0.3) is 55.4 Å². The van der Waals surface area contributed by atoms with Crippen molar-refractivity contribution in [1.82, 2.24) is 14.9 Å². The zero-order valence-electron chi connectivity index (χ0n) is 34.9. The standard InChI is InChI=1S/C54H44N4O4/c1-59-41-23-9-19-37(31-41)49-50(38-20-10-24-42(32-38)60-2)57-54(56-49,48-30-14-18-36-16-6-8-28-46(36)48)58-52(40-22-12-26-44(34-40)62-4)51(39-21-11-25-43(33-39)61-3)55-53(58)47-29-13-17-35-15-5-7-27-45(35)47/h5-34,49,56H,1-4H3. The van der Waals surface area contributed by atoms with Gasteiger partial charge in [-0.1, -0.05) is 133 Å². The van der Waals surface area contributed by atoms with Crippen LogP contribution in [0.15, 0.2) is 187 Å². The molecule has 2 heterocycles. The van der Waals surface area contributed by atoms with E-state index in [9.17, 15) is 0 Å². The molecule has 1 aromatic heterocycles. The van der Waals surface area contributed by atoms with Crippen LogP contribution in [0.2, 0.25) is 0 Å². The number of aliphatic imine (C=N–C) groups is 1. The third kappa shape index (κ3) is 6.62. The summed E-state index contributed by atoms with van der Waals surface area (Å²) in [5.41, 5.74) is 7.98. The number of hydrogen-bond donors (Lipinski definition) is 1. The number of imidazole rings is 1. The van der Waals surface area contributed by atoms with E-state index in [4.69, 9.17) is 28.9 Å². The number of hydrogen-bond acceptors (Lipinski definition) is 7. The van der Waals surface area contributed by atoms with Crippen LogP contribution in [-0.4, -0.2) is 43.7 Å². The molecule has 2 unspecified atom stereocenters. The first-order valence-corrected chi connectivity index (χ1v) is 20.6. The SMILES string of the molecule is COc1cccc(C2=NC(c3cccc4ccccc34)(n3c(-c4cccc5ccccc45)nc(-c4cccc(OC)c4)c3-c3cccc(OC)c3)NC2c2cccc(OC)c2)c1. The quantitative estimate of drug-likeness (QED) is 0.140. The van der Waals surface area contributed by atoms with Gasteiger partial charge < -0.3 is 18.9 Å². The van der Waals surface area contributed by atoms with Gasteiger partial charge in [-0.25, -0.2) is 9.98 Å². The van der Waals surface area contributed by atoms with Gasteiger partial charge in [-0.3, -0.25) is 9.88 Å². The number of methoxy groups -OCH3 is 4. The van der Waals surface area contributed by atoms with Gasteiger partial charge >= 0.3 is 0 Å². The first kappa shape index (κ1) is 38.5. The summed E-state index contributed by atoms with van der Waals surface area (Å²) < 4.78 is 25.7. The van der Waals surface area contributed by atoms with Crippen LogP contribution in [0, 0.1) is 0 Å². The number of fused-ring (bicyclic) bond motifs is 2. The summed E-state index contributed by atoms with van der Waals surface area (Å²) in [6.07, 6.45) is 0. The molecule has 2 atom stereocenters. The third-order valence-corrected chi connectivity index (χ3v) is 11.8. The monoisotopic (exact) mass is 812 g/mol. The van der Waals surface area contributed by atoms with Gasteiger partial charge in [-0.05, 0) is 75.6 Å². The van der Waals surface area contributed by atoms with E-state index in [1.807, 2.05) is 54.6 Å². The Kier molecular flexibility index (Phi) is 9.98. The fourth-order valence-corrected chi connectivity index (χ4v) is 8.86. The number of aromatic nitrogens is 2. The maximum Gasteiger partial charge on any atom is 0.221 e. The molecule has 0 fully saturated rings. The molecule has 0 saturated heterocycles. The van der Waals surface area contributed by atoms with E-state index < -0.39 is 11.8 Å². The molecular weight excluding hydrogens is 769 g/mol. The predicted molar refractivity (Wildman–Crippen MR) is 249 cm³/mol. The van der Waals surface area contributed by atoms with E-state index in [1.54, 1.807) is 28.4 Å². The molecule has 8 aromatic carbocycles. The Hall–Kier alpha value is -7.68. The lowest BCUT2D eigenvalue weighted by Gasteiger charge is -2.35. The lowest BCUT2D eigenvalue weighted by atomic mass is 9.95. The smallest absolute Gasteiger partial charge is 0.221 e. The number of nitrogens with one attached hydrogen (secondary N) is 1. The summed E-state index contributed by atoms with van der Waals surface area (Å²) >= 11 is 0. The van der Waals surface area contributed by atoms with Crippen LogP contribution in [0.1, 0.15) is 22.7 Å². The van der Waals surface area contributed by atoms with E-state index >= 15 is 0 Å². The second-order valence-corrected chi connectivity index (χ2v) is 15.2. The average Bonchev–Trinajstić information content (AvgIpc) is 3.95. The van der Waals surface area contributed by atoms with E-state index in [-0.39, 0.29) is 0 Å². The summed E-state index contributed by atoms with van der Waals surface area (Å²) in [6.45, 7) is 0. The van der Waals surface area contributed by atoms with Crippen LogP contribution in [0.3, 0.4) is 0 Å². The largest absolute Gasteiger partial charge is 0.497 e. The van der Waals surface area contributed by atoms with Crippen LogP contribution >= 0.6 is 0 Å². The van der Waals surface area contributed by atoms with Gasteiger partial charge in [-0.15, -0.1) is 0 Å². The van der Waals surface area contributed by atoms with Crippen molar-refractivity contribution >= 4 is 27.3 Å². The molecule has 8 heteroatoms. The van der Waals surface area contributed by atoms with E-state index in [0.29, 0.717) is 5.75 Å².